The monoisotopic (exact) mass is 1110 g/mol. The topological polar surface area (TPSA) is 388 Å². The summed E-state index contributed by atoms with van der Waals surface area (Å²) in [7, 11) is -18.6. The summed E-state index contributed by atoms with van der Waals surface area (Å²) in [5.74, 6) is -2.92. The first-order valence-electron chi connectivity index (χ1n) is 21.5. The lowest BCUT2D eigenvalue weighted by molar-refractivity contribution is 0.101. The number of rotatable bonds is 14. The molecule has 0 atom stereocenters. The van der Waals surface area contributed by atoms with Crippen molar-refractivity contribution < 1.29 is 77.2 Å². The van der Waals surface area contributed by atoms with Gasteiger partial charge in [-0.3, -0.25) is 28.3 Å². The zero-order valence-electron chi connectivity index (χ0n) is 38.4. The lowest BCUT2D eigenvalue weighted by atomic mass is 10.1. The number of nitrogens with one attached hydrogen (secondary N) is 6. The summed E-state index contributed by atoms with van der Waals surface area (Å²) < 4.78 is 129. The smallest absolute Gasteiger partial charge is 0.322 e. The minimum Gasteiger partial charge on any atom is -0.322 e. The summed E-state index contributed by atoms with van der Waals surface area (Å²) in [5, 5.41) is 14.7. The standard InChI is InChI=1S/C49H40N6O17S4/c56-45(50-31-11-1-7-27(19-31)47(58)52-35-23-39-37(43(25-35)75(67,68)69)15-5-17-41(39)73(61,62)63)29-9-3-13-33(21-29)54-49(60)55-34-14-4-10-30(22-34)46(57)51-32-12-2-8-28(20-32)48(59)53-36-24-40-38(44(26-36)76(70,71)72)16-6-18-42(40)74(64,65)66/h1-26,61-63,70-72H,(H,50,56)(H,51,57)(H,52,58)(H,53,59)(H2,54,55,60)(H,64,65,66)(H,67,68,69). The van der Waals surface area contributed by atoms with Gasteiger partial charge in [-0.25, -0.2) is 4.79 Å². The van der Waals surface area contributed by atoms with Crippen molar-refractivity contribution in [3.05, 3.63) is 180 Å². The van der Waals surface area contributed by atoms with Gasteiger partial charge in [0.05, 0.1) is 9.79 Å². The minimum atomic E-state index is -4.93. The van der Waals surface area contributed by atoms with E-state index in [0.29, 0.717) is 0 Å². The van der Waals surface area contributed by atoms with Crippen molar-refractivity contribution in [2.75, 3.05) is 31.9 Å². The van der Waals surface area contributed by atoms with Crippen LogP contribution in [0, 0.1) is 0 Å². The van der Waals surface area contributed by atoms with E-state index in [2.05, 4.69) is 31.9 Å². The summed E-state index contributed by atoms with van der Waals surface area (Å²) in [5.41, 5.74) is 0.366. The van der Waals surface area contributed by atoms with Gasteiger partial charge < -0.3 is 59.2 Å². The van der Waals surface area contributed by atoms with E-state index in [-0.39, 0.29) is 77.9 Å². The largest absolute Gasteiger partial charge is 0.323 e. The van der Waals surface area contributed by atoms with E-state index in [1.54, 1.807) is 0 Å². The van der Waals surface area contributed by atoms with Crippen LogP contribution < -0.4 is 31.9 Å². The number of carbonyl (C=O) groups excluding carboxylic acids is 5. The average molecular weight is 1110 g/mol. The molecule has 0 bridgehead atoms. The Bertz CT molecular complexity index is 3940. The number of hydrogen-bond donors (Lipinski definition) is 14. The molecule has 0 radical (unpaired) electrons. The second-order valence-corrected chi connectivity index (χ2v) is 22.1. The van der Waals surface area contributed by atoms with Gasteiger partial charge in [-0.2, -0.15) is 16.8 Å². The van der Waals surface area contributed by atoms with Gasteiger partial charge in [0.2, 0.25) is 0 Å². The van der Waals surface area contributed by atoms with E-state index < -0.39 is 91.2 Å². The van der Waals surface area contributed by atoms with Crippen LogP contribution in [0.25, 0.3) is 21.5 Å². The van der Waals surface area contributed by atoms with Crippen molar-refractivity contribution in [1.82, 2.24) is 0 Å². The summed E-state index contributed by atoms with van der Waals surface area (Å²) in [6.07, 6.45) is 0. The van der Waals surface area contributed by atoms with Crippen molar-refractivity contribution >= 4 is 127 Å². The molecule has 8 aromatic carbocycles. The Morgan fingerprint density at radius 1 is 0.289 bits per heavy atom. The summed E-state index contributed by atoms with van der Waals surface area (Å²) >= 11 is 0. The molecule has 0 saturated carbocycles. The summed E-state index contributed by atoms with van der Waals surface area (Å²) in [6.45, 7) is 0. The molecule has 14 N–H and O–H groups in total. The lowest BCUT2D eigenvalue weighted by Gasteiger charge is -2.23. The van der Waals surface area contributed by atoms with Gasteiger partial charge in [-0.1, -0.05) is 48.5 Å². The quantitative estimate of drug-likeness (QED) is 0.0450. The fourth-order valence-electron chi connectivity index (χ4n) is 7.76. The molecule has 76 heavy (non-hydrogen) atoms. The second-order valence-electron chi connectivity index (χ2n) is 16.4. The lowest BCUT2D eigenvalue weighted by Crippen LogP contribution is -2.20. The number of anilines is 6. The van der Waals surface area contributed by atoms with Crippen molar-refractivity contribution in [3.63, 3.8) is 0 Å². The molecular formula is C49H40N6O17S4. The maximum absolute atomic E-state index is 13.4. The van der Waals surface area contributed by atoms with Gasteiger partial charge in [0, 0.05) is 77.9 Å². The number of amides is 6. The van der Waals surface area contributed by atoms with Crippen LogP contribution in [0.5, 0.6) is 0 Å². The molecule has 0 aliphatic rings. The van der Waals surface area contributed by atoms with Crippen molar-refractivity contribution in [2.24, 2.45) is 0 Å². The van der Waals surface area contributed by atoms with E-state index in [0.717, 1.165) is 30.3 Å². The molecule has 0 saturated heterocycles. The molecule has 0 heterocycles. The fraction of sp³-hybridized carbons (Fsp3) is 0. The summed E-state index contributed by atoms with van der Waals surface area (Å²) in [6, 6.07) is 33.4. The molecule has 392 valence electrons. The van der Waals surface area contributed by atoms with Gasteiger partial charge in [0.1, 0.15) is 31.5 Å². The van der Waals surface area contributed by atoms with E-state index >= 15 is 0 Å². The van der Waals surface area contributed by atoms with Crippen LogP contribution in [0.2, 0.25) is 0 Å². The first kappa shape index (κ1) is 54.0. The molecule has 27 heteroatoms. The van der Waals surface area contributed by atoms with Gasteiger partial charge in [0.15, 0.2) is 0 Å². The van der Waals surface area contributed by atoms with Crippen LogP contribution in [0.4, 0.5) is 38.9 Å². The van der Waals surface area contributed by atoms with Crippen LogP contribution in [0.3, 0.4) is 0 Å². The fourth-order valence-corrected chi connectivity index (χ4v) is 10.7. The Morgan fingerprint density at radius 2 is 0.592 bits per heavy atom. The Labute approximate surface area is 433 Å². The molecule has 23 nitrogen and oxygen atoms in total. The van der Waals surface area contributed by atoms with Crippen LogP contribution in [-0.2, 0) is 20.2 Å². The van der Waals surface area contributed by atoms with E-state index in [1.807, 2.05) is 0 Å². The molecule has 6 amide bonds. The highest BCUT2D eigenvalue weighted by atomic mass is 32.3. The number of urea groups is 1. The average Bonchev–Trinajstić information content (AvgIpc) is 3.35. The molecule has 0 fully saturated rings. The van der Waals surface area contributed by atoms with Gasteiger partial charge in [0.25, 0.3) is 43.9 Å². The molecule has 0 aliphatic carbocycles. The zero-order valence-corrected chi connectivity index (χ0v) is 41.7. The summed E-state index contributed by atoms with van der Waals surface area (Å²) in [4.78, 5) is 64.3. The Kier molecular flexibility index (Phi) is 15.0. The number of benzene rings is 8. The predicted octanol–water partition coefficient (Wildman–Crippen LogP) is 10.3. The van der Waals surface area contributed by atoms with Gasteiger partial charge in [-0.15, -0.1) is 0 Å². The van der Waals surface area contributed by atoms with Crippen molar-refractivity contribution in [2.45, 2.75) is 19.6 Å². The van der Waals surface area contributed by atoms with Crippen molar-refractivity contribution in [1.29, 1.82) is 0 Å². The minimum absolute atomic E-state index is 0.0194. The first-order valence-corrected chi connectivity index (χ1v) is 27.4. The van der Waals surface area contributed by atoms with Crippen LogP contribution in [0.15, 0.2) is 177 Å². The maximum Gasteiger partial charge on any atom is 0.323 e. The molecule has 0 aliphatic heterocycles. The van der Waals surface area contributed by atoms with E-state index in [9.17, 15) is 77.2 Å². The third kappa shape index (κ3) is 12.6. The third-order valence-corrected chi connectivity index (χ3v) is 14.7. The highest BCUT2D eigenvalue weighted by Gasteiger charge is 2.26. The third-order valence-electron chi connectivity index (χ3n) is 11.0. The highest BCUT2D eigenvalue weighted by Crippen LogP contribution is 2.50. The van der Waals surface area contributed by atoms with Gasteiger partial charge in [-0.05, 0) is 109 Å². The number of carbonyl (C=O) groups is 5. The molecule has 8 rings (SSSR count). The first-order chi connectivity index (χ1) is 35.7. The SMILES string of the molecule is O=C(Nc1cccc(C(=O)Nc2cccc(C(=O)Nc3cc(S(=O)(=O)O)c4cccc(S(O)(O)O)c4c3)c2)c1)Nc1cccc(C(=O)Nc2cccc(C(=O)Nc3cc(S(O)(O)O)c4cccc(S(=O)(=O)O)c4c3)c2)c1. The molecular weight excluding hydrogens is 1070 g/mol. The van der Waals surface area contributed by atoms with Crippen LogP contribution >= 0.6 is 21.7 Å². The molecule has 0 unspecified atom stereocenters. The molecule has 0 aromatic heterocycles. The van der Waals surface area contributed by atoms with E-state index in [4.69, 9.17) is 0 Å². The van der Waals surface area contributed by atoms with Crippen LogP contribution in [0.1, 0.15) is 41.4 Å². The zero-order chi connectivity index (χ0) is 54.9. The van der Waals surface area contributed by atoms with Crippen molar-refractivity contribution in [3.8, 4) is 0 Å². The Hall–Kier alpha value is -8.29. The second kappa shape index (κ2) is 21.1. The molecule has 0 spiro atoms. The maximum atomic E-state index is 13.4. The molecule has 8 aromatic rings. The predicted molar refractivity (Wildman–Crippen MR) is 285 cm³/mol. The van der Waals surface area contributed by atoms with E-state index in [1.165, 1.54) is 127 Å². The normalized spacial score (nSPS) is 12.3. The Balaban J connectivity index is 0.889. The van der Waals surface area contributed by atoms with Crippen LogP contribution in [-0.4, -0.2) is 82.9 Å². The number of fused-ring (bicyclic) bond motifs is 2. The number of hydrogen-bond acceptors (Lipinski definition) is 15. The Morgan fingerprint density at radius 3 is 0.961 bits per heavy atom. The van der Waals surface area contributed by atoms with Gasteiger partial charge >= 0.3 is 6.03 Å². The highest BCUT2D eigenvalue weighted by molar-refractivity contribution is 8.19.